The summed E-state index contributed by atoms with van der Waals surface area (Å²) in [5.74, 6) is 2.01. The maximum Gasteiger partial charge on any atom is 0.227 e. The third kappa shape index (κ3) is 3.68. The second-order valence-electron chi connectivity index (χ2n) is 7.33. The molecule has 1 aliphatic carbocycles. The topological polar surface area (TPSA) is 59.8 Å². The van der Waals surface area contributed by atoms with Gasteiger partial charge in [-0.3, -0.25) is 4.79 Å². The van der Waals surface area contributed by atoms with E-state index in [0.717, 1.165) is 46.5 Å². The molecule has 2 aliphatic rings. The predicted octanol–water partition coefficient (Wildman–Crippen LogP) is 4.89. The Morgan fingerprint density at radius 2 is 2.04 bits per heavy atom. The summed E-state index contributed by atoms with van der Waals surface area (Å²) in [4.78, 5) is 17.5. The second kappa shape index (κ2) is 7.89. The number of nitrogens with one attached hydrogen (secondary N) is 1. The normalized spacial score (nSPS) is 18.9. The summed E-state index contributed by atoms with van der Waals surface area (Å²) in [6.45, 7) is 4.29. The van der Waals surface area contributed by atoms with E-state index in [9.17, 15) is 4.79 Å². The van der Waals surface area contributed by atoms with Crippen molar-refractivity contribution in [2.75, 3.05) is 11.1 Å². The van der Waals surface area contributed by atoms with E-state index in [4.69, 9.17) is 10.1 Å². The summed E-state index contributed by atoms with van der Waals surface area (Å²) in [6.07, 6.45) is 6.03. The molecular formula is C21H26N4OS. The highest BCUT2D eigenvalue weighted by molar-refractivity contribution is 7.99. The molecule has 1 aromatic heterocycles. The minimum Gasteiger partial charge on any atom is -0.328 e. The van der Waals surface area contributed by atoms with Gasteiger partial charge in [0.05, 0.1) is 0 Å². The molecule has 0 saturated heterocycles. The number of carbonyl (C=O) groups is 1. The Hall–Kier alpha value is -2.08. The lowest BCUT2D eigenvalue weighted by Gasteiger charge is -2.32. The molecule has 0 radical (unpaired) electrons. The molecule has 4 rings (SSSR count). The molecule has 5 nitrogen and oxygen atoms in total. The third-order valence-corrected chi connectivity index (χ3v) is 6.14. The molecule has 0 bridgehead atoms. The van der Waals surface area contributed by atoms with Gasteiger partial charge in [0.15, 0.2) is 5.78 Å². The Bertz CT molecular complexity index is 869. The molecule has 1 aromatic carbocycles. The van der Waals surface area contributed by atoms with Crippen molar-refractivity contribution < 1.29 is 4.79 Å². The number of ketones is 1. The number of hydrogen-bond acceptors (Lipinski definition) is 5. The van der Waals surface area contributed by atoms with Crippen LogP contribution in [0, 0.1) is 6.92 Å². The molecule has 1 atom stereocenters. The molecule has 2 aromatic rings. The number of benzene rings is 1. The first-order valence-electron chi connectivity index (χ1n) is 9.86. The van der Waals surface area contributed by atoms with Crippen LogP contribution in [0.4, 0.5) is 5.95 Å². The molecular weight excluding hydrogens is 356 g/mol. The molecule has 0 saturated carbocycles. The van der Waals surface area contributed by atoms with Crippen molar-refractivity contribution in [1.29, 1.82) is 0 Å². The molecule has 27 heavy (non-hydrogen) atoms. The zero-order valence-corrected chi connectivity index (χ0v) is 16.8. The number of rotatable bonds is 6. The number of fused-ring (bicyclic) bond motifs is 1. The van der Waals surface area contributed by atoms with Crippen LogP contribution in [0.3, 0.4) is 0 Å². The smallest absolute Gasteiger partial charge is 0.227 e. The first kappa shape index (κ1) is 18.3. The van der Waals surface area contributed by atoms with Gasteiger partial charge in [-0.15, -0.1) is 5.10 Å². The van der Waals surface area contributed by atoms with Gasteiger partial charge in [0.25, 0.3) is 0 Å². The lowest BCUT2D eigenvalue weighted by molar-refractivity contribution is -0.116. The number of carbonyl (C=O) groups excluding carboxylic acids is 1. The van der Waals surface area contributed by atoms with Gasteiger partial charge in [0.1, 0.15) is 6.04 Å². The second-order valence-corrected chi connectivity index (χ2v) is 8.39. The zero-order valence-electron chi connectivity index (χ0n) is 16.0. The minimum atomic E-state index is -0.179. The van der Waals surface area contributed by atoms with E-state index in [1.165, 1.54) is 24.8 Å². The summed E-state index contributed by atoms with van der Waals surface area (Å²) in [5, 5.41) is 8.96. The Morgan fingerprint density at radius 3 is 2.81 bits per heavy atom. The van der Waals surface area contributed by atoms with Crippen LogP contribution in [0.25, 0.3) is 0 Å². The van der Waals surface area contributed by atoms with Crippen molar-refractivity contribution in [2.45, 2.75) is 63.6 Å². The van der Waals surface area contributed by atoms with E-state index in [2.05, 4.69) is 43.4 Å². The fourth-order valence-electron chi connectivity index (χ4n) is 3.77. The van der Waals surface area contributed by atoms with Crippen LogP contribution in [0.5, 0.6) is 0 Å². The zero-order chi connectivity index (χ0) is 18.8. The highest BCUT2D eigenvalue weighted by atomic mass is 32.2. The fourth-order valence-corrected chi connectivity index (χ4v) is 4.60. The van der Waals surface area contributed by atoms with Crippen molar-refractivity contribution in [3.8, 4) is 0 Å². The van der Waals surface area contributed by atoms with Gasteiger partial charge < -0.3 is 5.32 Å². The van der Waals surface area contributed by atoms with Crippen molar-refractivity contribution in [3.63, 3.8) is 0 Å². The lowest BCUT2D eigenvalue weighted by Crippen LogP contribution is -2.31. The van der Waals surface area contributed by atoms with E-state index in [-0.39, 0.29) is 11.8 Å². The van der Waals surface area contributed by atoms with Crippen LogP contribution < -0.4 is 5.32 Å². The summed E-state index contributed by atoms with van der Waals surface area (Å²) in [7, 11) is 0. The van der Waals surface area contributed by atoms with E-state index >= 15 is 0 Å². The van der Waals surface area contributed by atoms with E-state index in [1.807, 2.05) is 4.68 Å². The predicted molar refractivity (Wildman–Crippen MR) is 109 cm³/mol. The molecule has 1 aliphatic heterocycles. The Morgan fingerprint density at radius 1 is 1.22 bits per heavy atom. The number of anilines is 1. The standard InChI is InChI=1S/C21H26N4OS/c1-3-4-5-13-27-21-23-20-22-16-7-6-8-17(26)18(16)19(25(20)24-21)15-11-9-14(2)10-12-15/h9-12,19H,3-8,13H2,1-2H3,(H,22,23,24). The maximum atomic E-state index is 12.8. The van der Waals surface area contributed by atoms with Gasteiger partial charge in [-0.25, -0.2) is 4.68 Å². The highest BCUT2D eigenvalue weighted by Gasteiger charge is 2.36. The van der Waals surface area contributed by atoms with Crippen LogP contribution >= 0.6 is 11.8 Å². The Balaban J connectivity index is 1.70. The molecule has 0 spiro atoms. The number of allylic oxidation sites excluding steroid dienone is 2. The highest BCUT2D eigenvalue weighted by Crippen LogP contribution is 2.40. The Kier molecular flexibility index (Phi) is 5.34. The van der Waals surface area contributed by atoms with Crippen molar-refractivity contribution in [2.24, 2.45) is 0 Å². The average molecular weight is 383 g/mol. The van der Waals surface area contributed by atoms with Crippen LogP contribution in [0.15, 0.2) is 40.7 Å². The summed E-state index contributed by atoms with van der Waals surface area (Å²) in [6, 6.07) is 8.24. The third-order valence-electron chi connectivity index (χ3n) is 5.22. The minimum absolute atomic E-state index is 0.179. The largest absolute Gasteiger partial charge is 0.328 e. The van der Waals surface area contributed by atoms with Crippen molar-refractivity contribution >= 4 is 23.5 Å². The van der Waals surface area contributed by atoms with Gasteiger partial charge in [-0.2, -0.15) is 4.98 Å². The number of aromatic nitrogens is 3. The van der Waals surface area contributed by atoms with Crippen LogP contribution in [-0.2, 0) is 4.79 Å². The van der Waals surface area contributed by atoms with Crippen LogP contribution in [0.1, 0.15) is 62.6 Å². The maximum absolute atomic E-state index is 12.8. The molecule has 2 heterocycles. The number of aryl methyl sites for hydroxylation is 1. The molecule has 142 valence electrons. The fraction of sp³-hybridized carbons (Fsp3) is 0.476. The lowest BCUT2D eigenvalue weighted by atomic mass is 9.85. The van der Waals surface area contributed by atoms with Crippen LogP contribution in [0.2, 0.25) is 0 Å². The summed E-state index contributed by atoms with van der Waals surface area (Å²) >= 11 is 1.70. The number of hydrogen-bond donors (Lipinski definition) is 1. The van der Waals surface area contributed by atoms with Gasteiger partial charge in [0.2, 0.25) is 11.1 Å². The number of nitrogens with zero attached hydrogens (tertiary/aromatic N) is 3. The van der Waals surface area contributed by atoms with Gasteiger partial charge in [-0.05, 0) is 31.7 Å². The molecule has 6 heteroatoms. The molecule has 1 N–H and O–H groups in total. The van der Waals surface area contributed by atoms with Crippen molar-refractivity contribution in [3.05, 3.63) is 46.7 Å². The van der Waals surface area contributed by atoms with Crippen molar-refractivity contribution in [1.82, 2.24) is 14.8 Å². The monoisotopic (exact) mass is 382 g/mol. The van der Waals surface area contributed by atoms with Gasteiger partial charge >= 0.3 is 0 Å². The van der Waals surface area contributed by atoms with Gasteiger partial charge in [-0.1, -0.05) is 61.4 Å². The van der Waals surface area contributed by atoms with E-state index in [0.29, 0.717) is 6.42 Å². The molecule has 1 unspecified atom stereocenters. The van der Waals surface area contributed by atoms with E-state index < -0.39 is 0 Å². The first-order valence-corrected chi connectivity index (χ1v) is 10.8. The quantitative estimate of drug-likeness (QED) is 0.569. The first-order chi connectivity index (χ1) is 13.2. The van der Waals surface area contributed by atoms with Crippen LogP contribution in [-0.4, -0.2) is 26.3 Å². The average Bonchev–Trinajstić information content (AvgIpc) is 3.07. The van der Waals surface area contributed by atoms with Gasteiger partial charge in [0, 0.05) is 23.4 Å². The number of unbranched alkanes of at least 4 members (excludes halogenated alkanes) is 2. The number of Topliss-reactive ketones (excluding diaryl/α,β-unsaturated/α-hetero) is 1. The summed E-state index contributed by atoms with van der Waals surface area (Å²) in [5.41, 5.74) is 4.20. The Labute approximate surface area is 164 Å². The molecule has 0 amide bonds. The number of thioether (sulfide) groups is 1. The van der Waals surface area contributed by atoms with E-state index in [1.54, 1.807) is 11.8 Å². The summed E-state index contributed by atoms with van der Waals surface area (Å²) < 4.78 is 1.91. The SMILES string of the molecule is CCCCCSc1nc2n(n1)C(c1ccc(C)cc1)C1=C(CCCC1=O)N2. The molecule has 0 fully saturated rings.